The standard InChI is InChI=1S/C22H25O3PS/c1-2-3-17-26(19-11-6-4-7-12-19,20-13-8-5-9-14-20)21-15-10-16-22(18-21)27(23,24)25/h4-16,18,26H,2-3,17H2,1H3,(H,23,24,25). The van der Waals surface area contributed by atoms with Gasteiger partial charge in [0.2, 0.25) is 0 Å². The summed E-state index contributed by atoms with van der Waals surface area (Å²) < 4.78 is 33.1. The van der Waals surface area contributed by atoms with E-state index in [0.717, 1.165) is 24.3 Å². The molecule has 0 unspecified atom stereocenters. The Bertz CT molecular complexity index is 947. The topological polar surface area (TPSA) is 54.4 Å². The molecule has 0 spiro atoms. The van der Waals surface area contributed by atoms with E-state index in [1.165, 1.54) is 16.7 Å². The van der Waals surface area contributed by atoms with Crippen LogP contribution in [-0.2, 0) is 10.1 Å². The second-order valence-corrected chi connectivity index (χ2v) is 12.2. The normalized spacial score (nSPS) is 12.7. The number of rotatable bonds is 7. The summed E-state index contributed by atoms with van der Waals surface area (Å²) in [5.74, 6) is 0. The van der Waals surface area contributed by atoms with Gasteiger partial charge in [0, 0.05) is 0 Å². The Morgan fingerprint density at radius 2 is 1.30 bits per heavy atom. The van der Waals surface area contributed by atoms with Gasteiger partial charge >= 0.3 is 162 Å². The van der Waals surface area contributed by atoms with Crippen LogP contribution in [0.15, 0.2) is 89.8 Å². The van der Waals surface area contributed by atoms with E-state index in [0.29, 0.717) is 0 Å². The summed E-state index contributed by atoms with van der Waals surface area (Å²) in [6.07, 6.45) is 3.09. The molecule has 0 aliphatic heterocycles. The SMILES string of the molecule is CCCC[PH](c1ccccc1)(c1ccccc1)c1cccc(S(=O)(=O)O)c1. The molecule has 0 aromatic heterocycles. The molecule has 0 atom stereocenters. The third-order valence-corrected chi connectivity index (χ3v) is 11.0. The van der Waals surface area contributed by atoms with Gasteiger partial charge in [-0.15, -0.1) is 0 Å². The molecule has 0 aliphatic rings. The summed E-state index contributed by atoms with van der Waals surface area (Å²) in [6, 6.07) is 27.6. The predicted molar refractivity (Wildman–Crippen MR) is 116 cm³/mol. The van der Waals surface area contributed by atoms with Gasteiger partial charge in [-0.2, -0.15) is 0 Å². The Kier molecular flexibility index (Phi) is 6.11. The number of unbranched alkanes of at least 4 members (excludes halogenated alkanes) is 1. The third kappa shape index (κ3) is 4.14. The van der Waals surface area contributed by atoms with Gasteiger partial charge in [-0.1, -0.05) is 0 Å². The van der Waals surface area contributed by atoms with Crippen LogP contribution in [-0.4, -0.2) is 19.1 Å². The molecule has 3 aromatic carbocycles. The molecule has 1 N–H and O–H groups in total. The minimum absolute atomic E-state index is 0.0414. The second kappa shape index (κ2) is 8.35. The average molecular weight is 400 g/mol. The molecule has 3 nitrogen and oxygen atoms in total. The quantitative estimate of drug-likeness (QED) is 0.485. The van der Waals surface area contributed by atoms with Gasteiger partial charge in [-0.25, -0.2) is 0 Å². The van der Waals surface area contributed by atoms with Crippen LogP contribution < -0.4 is 15.9 Å². The Morgan fingerprint density at radius 3 is 1.78 bits per heavy atom. The van der Waals surface area contributed by atoms with E-state index >= 15 is 0 Å². The van der Waals surface area contributed by atoms with Crippen LogP contribution in [0.1, 0.15) is 19.8 Å². The summed E-state index contributed by atoms with van der Waals surface area (Å²) in [4.78, 5) is -0.0414. The minimum atomic E-state index is -4.25. The molecule has 142 valence electrons. The second-order valence-electron chi connectivity index (χ2n) is 6.74. The van der Waals surface area contributed by atoms with Gasteiger partial charge in [-0.3, -0.25) is 0 Å². The maximum atomic E-state index is 11.8. The zero-order valence-electron chi connectivity index (χ0n) is 15.4. The fourth-order valence-corrected chi connectivity index (χ4v) is 9.43. The molecule has 0 fully saturated rings. The molecule has 0 aliphatic carbocycles. The van der Waals surface area contributed by atoms with Crippen LogP contribution in [0, 0.1) is 0 Å². The Labute approximate surface area is 162 Å². The Balaban J connectivity index is 2.33. The monoisotopic (exact) mass is 400 g/mol. The van der Waals surface area contributed by atoms with Crippen LogP contribution in [0.2, 0.25) is 0 Å². The van der Waals surface area contributed by atoms with Crippen molar-refractivity contribution in [3.63, 3.8) is 0 Å². The van der Waals surface area contributed by atoms with Crippen molar-refractivity contribution >= 4 is 33.3 Å². The van der Waals surface area contributed by atoms with Gasteiger partial charge < -0.3 is 0 Å². The predicted octanol–water partition coefficient (Wildman–Crippen LogP) is 3.76. The maximum absolute atomic E-state index is 11.8. The van der Waals surface area contributed by atoms with Crippen molar-refractivity contribution < 1.29 is 13.0 Å². The van der Waals surface area contributed by atoms with E-state index in [-0.39, 0.29) is 4.90 Å². The van der Waals surface area contributed by atoms with Crippen molar-refractivity contribution in [3.8, 4) is 0 Å². The van der Waals surface area contributed by atoms with E-state index in [9.17, 15) is 13.0 Å². The first kappa shape index (κ1) is 19.8. The summed E-state index contributed by atoms with van der Waals surface area (Å²) >= 11 is 0. The molecule has 0 saturated carbocycles. The molecule has 3 aromatic rings. The van der Waals surface area contributed by atoms with Gasteiger partial charge in [0.05, 0.1) is 0 Å². The molecule has 27 heavy (non-hydrogen) atoms. The van der Waals surface area contributed by atoms with E-state index in [2.05, 4.69) is 31.2 Å². The molecule has 5 heteroatoms. The van der Waals surface area contributed by atoms with E-state index in [1.807, 2.05) is 42.5 Å². The Hall–Kier alpha value is -2.00. The number of benzene rings is 3. The van der Waals surface area contributed by atoms with Crippen LogP contribution in [0.4, 0.5) is 0 Å². The molecule has 0 bridgehead atoms. The summed E-state index contributed by atoms with van der Waals surface area (Å²) in [5.41, 5.74) is 0. The summed E-state index contributed by atoms with van der Waals surface area (Å²) in [5, 5.41) is 3.50. The van der Waals surface area contributed by atoms with Crippen molar-refractivity contribution in [2.24, 2.45) is 0 Å². The Morgan fingerprint density at radius 1 is 0.778 bits per heavy atom. The fourth-order valence-electron chi connectivity index (χ4n) is 3.74. The van der Waals surface area contributed by atoms with Crippen LogP contribution in [0.25, 0.3) is 0 Å². The van der Waals surface area contributed by atoms with Crippen molar-refractivity contribution in [1.29, 1.82) is 0 Å². The molecular weight excluding hydrogens is 375 g/mol. The number of hydrogen-bond donors (Lipinski definition) is 1. The molecule has 0 saturated heterocycles. The van der Waals surface area contributed by atoms with Gasteiger partial charge in [0.25, 0.3) is 0 Å². The summed E-state index contributed by atoms with van der Waals surface area (Å²) in [6.45, 7) is 2.17. The number of hydrogen-bond acceptors (Lipinski definition) is 2. The first-order chi connectivity index (χ1) is 13.0. The molecular formula is C22H25O3PS. The van der Waals surface area contributed by atoms with Crippen molar-refractivity contribution in [3.05, 3.63) is 84.9 Å². The van der Waals surface area contributed by atoms with Gasteiger partial charge in [0.1, 0.15) is 0 Å². The van der Waals surface area contributed by atoms with Crippen LogP contribution in [0.3, 0.4) is 0 Å². The summed E-state index contributed by atoms with van der Waals surface area (Å²) in [7, 11) is -6.68. The average Bonchev–Trinajstić information content (AvgIpc) is 2.70. The zero-order chi connectivity index (χ0) is 19.3. The van der Waals surface area contributed by atoms with Gasteiger partial charge in [-0.05, 0) is 0 Å². The molecule has 3 rings (SSSR count). The molecule has 0 heterocycles. The van der Waals surface area contributed by atoms with E-state index < -0.39 is 17.4 Å². The van der Waals surface area contributed by atoms with E-state index in [1.54, 1.807) is 12.1 Å². The zero-order valence-corrected chi connectivity index (χ0v) is 17.2. The van der Waals surface area contributed by atoms with Crippen molar-refractivity contribution in [2.45, 2.75) is 24.7 Å². The van der Waals surface area contributed by atoms with Crippen molar-refractivity contribution in [2.75, 3.05) is 6.16 Å². The third-order valence-electron chi connectivity index (χ3n) is 5.06. The first-order valence-electron chi connectivity index (χ1n) is 9.17. The van der Waals surface area contributed by atoms with E-state index in [4.69, 9.17) is 0 Å². The molecule has 0 amide bonds. The van der Waals surface area contributed by atoms with Crippen LogP contribution in [0.5, 0.6) is 0 Å². The first-order valence-corrected chi connectivity index (χ1v) is 12.8. The molecule has 0 radical (unpaired) electrons. The van der Waals surface area contributed by atoms with Gasteiger partial charge in [0.15, 0.2) is 0 Å². The van der Waals surface area contributed by atoms with Crippen LogP contribution >= 0.6 is 7.26 Å². The van der Waals surface area contributed by atoms with Crippen molar-refractivity contribution in [1.82, 2.24) is 0 Å². The fraction of sp³-hybridized carbons (Fsp3) is 0.182.